The highest BCUT2D eigenvalue weighted by Gasteiger charge is 2.59. The van der Waals surface area contributed by atoms with E-state index in [1.807, 2.05) is 12.1 Å². The van der Waals surface area contributed by atoms with Gasteiger partial charge in [-0.05, 0) is 91.9 Å². The molecule has 2 nitrogen and oxygen atoms in total. The zero-order chi connectivity index (χ0) is 14.8. The normalized spacial score (nSPS) is 44.8. The van der Waals surface area contributed by atoms with Gasteiger partial charge in [-0.1, -0.05) is 13.0 Å². The molecule has 1 aromatic rings. The van der Waals surface area contributed by atoms with Crippen molar-refractivity contribution in [2.75, 3.05) is 0 Å². The predicted octanol–water partition coefficient (Wildman–Crippen LogP) is 4.00. The van der Waals surface area contributed by atoms with Crippen molar-refractivity contribution in [2.24, 2.45) is 17.3 Å². The van der Waals surface area contributed by atoms with Crippen LogP contribution in [0.25, 0.3) is 0 Å². The van der Waals surface area contributed by atoms with E-state index in [2.05, 4.69) is 19.9 Å². The molecule has 2 heteroatoms. The zero-order valence-electron chi connectivity index (χ0n) is 13.1. The molecule has 0 saturated heterocycles. The van der Waals surface area contributed by atoms with E-state index >= 15 is 0 Å². The van der Waals surface area contributed by atoms with Crippen molar-refractivity contribution >= 4 is 0 Å². The van der Waals surface area contributed by atoms with Crippen molar-refractivity contribution < 1.29 is 10.2 Å². The van der Waals surface area contributed by atoms with Crippen molar-refractivity contribution in [1.29, 1.82) is 0 Å². The molecule has 4 rings (SSSR count). The SMILES string of the molecule is C[C@]12CC[C@@H]3c4ccc(O)cc4CC[C@@H]3[C@@H]1CC[C@@]2(C)O. The fraction of sp³-hybridized carbons (Fsp3) is 0.684. The van der Waals surface area contributed by atoms with Crippen LogP contribution in [0.3, 0.4) is 0 Å². The quantitative estimate of drug-likeness (QED) is 0.757. The van der Waals surface area contributed by atoms with Crippen LogP contribution in [0.1, 0.15) is 63.0 Å². The molecule has 0 radical (unpaired) electrons. The molecule has 114 valence electrons. The van der Waals surface area contributed by atoms with Crippen LogP contribution in [0.2, 0.25) is 0 Å². The average molecular weight is 286 g/mol. The summed E-state index contributed by atoms with van der Waals surface area (Å²) in [6.45, 7) is 4.38. The molecule has 0 aromatic heterocycles. The summed E-state index contributed by atoms with van der Waals surface area (Å²) >= 11 is 0. The van der Waals surface area contributed by atoms with Gasteiger partial charge in [0.05, 0.1) is 5.60 Å². The summed E-state index contributed by atoms with van der Waals surface area (Å²) in [5.41, 5.74) is 2.43. The van der Waals surface area contributed by atoms with E-state index in [4.69, 9.17) is 0 Å². The molecule has 0 amide bonds. The summed E-state index contributed by atoms with van der Waals surface area (Å²) in [5.74, 6) is 2.42. The summed E-state index contributed by atoms with van der Waals surface area (Å²) < 4.78 is 0. The fourth-order valence-electron chi connectivity index (χ4n) is 5.81. The number of rotatable bonds is 0. The number of benzene rings is 1. The average Bonchev–Trinajstić information content (AvgIpc) is 2.69. The third-order valence-corrected chi connectivity index (χ3v) is 7.27. The third-order valence-electron chi connectivity index (χ3n) is 7.27. The van der Waals surface area contributed by atoms with Crippen LogP contribution in [0.5, 0.6) is 5.75 Å². The Labute approximate surface area is 127 Å². The van der Waals surface area contributed by atoms with E-state index in [1.54, 1.807) is 0 Å². The lowest BCUT2D eigenvalue weighted by molar-refractivity contribution is -0.0901. The summed E-state index contributed by atoms with van der Waals surface area (Å²) in [4.78, 5) is 0. The minimum atomic E-state index is -0.488. The van der Waals surface area contributed by atoms with Crippen LogP contribution in [-0.4, -0.2) is 15.8 Å². The van der Waals surface area contributed by atoms with Crippen molar-refractivity contribution in [1.82, 2.24) is 0 Å². The highest BCUT2D eigenvalue weighted by atomic mass is 16.3. The maximum Gasteiger partial charge on any atom is 0.115 e. The first-order valence-corrected chi connectivity index (χ1v) is 8.46. The largest absolute Gasteiger partial charge is 0.508 e. The van der Waals surface area contributed by atoms with Gasteiger partial charge < -0.3 is 10.2 Å². The molecule has 21 heavy (non-hydrogen) atoms. The molecule has 2 N–H and O–H groups in total. The second-order valence-corrected chi connectivity index (χ2v) is 8.07. The van der Waals surface area contributed by atoms with Crippen LogP contribution < -0.4 is 0 Å². The molecule has 0 bridgehead atoms. The molecule has 0 spiro atoms. The van der Waals surface area contributed by atoms with Gasteiger partial charge in [-0.2, -0.15) is 0 Å². The number of hydrogen-bond acceptors (Lipinski definition) is 2. The lowest BCUT2D eigenvalue weighted by Crippen LogP contribution is -2.49. The predicted molar refractivity (Wildman–Crippen MR) is 83.3 cm³/mol. The molecule has 2 saturated carbocycles. The molecule has 0 aliphatic heterocycles. The Hall–Kier alpha value is -1.02. The molecule has 1 aromatic carbocycles. The minimum Gasteiger partial charge on any atom is -0.508 e. The van der Waals surface area contributed by atoms with Gasteiger partial charge in [0.1, 0.15) is 5.75 Å². The number of aliphatic hydroxyl groups is 1. The molecular formula is C19H26O2. The second-order valence-electron chi connectivity index (χ2n) is 8.07. The molecular weight excluding hydrogens is 260 g/mol. The molecule has 0 heterocycles. The number of hydrogen-bond donors (Lipinski definition) is 2. The number of phenols is 1. The Kier molecular flexibility index (Phi) is 2.76. The summed E-state index contributed by atoms with van der Waals surface area (Å²) in [6, 6.07) is 5.96. The molecule has 3 aliphatic carbocycles. The Bertz CT molecular complexity index is 577. The molecule has 0 unspecified atom stereocenters. The molecule has 2 fully saturated rings. The van der Waals surface area contributed by atoms with E-state index in [1.165, 1.54) is 30.4 Å². The number of aryl methyl sites for hydroxylation is 1. The maximum absolute atomic E-state index is 10.8. The van der Waals surface area contributed by atoms with Crippen LogP contribution in [0.15, 0.2) is 18.2 Å². The smallest absolute Gasteiger partial charge is 0.115 e. The third kappa shape index (κ3) is 1.75. The van der Waals surface area contributed by atoms with Gasteiger partial charge in [0, 0.05) is 0 Å². The van der Waals surface area contributed by atoms with E-state index < -0.39 is 5.60 Å². The first-order chi connectivity index (χ1) is 9.92. The minimum absolute atomic E-state index is 0.0998. The molecule has 5 atom stereocenters. The van der Waals surface area contributed by atoms with Gasteiger partial charge in [0.25, 0.3) is 0 Å². The van der Waals surface area contributed by atoms with Gasteiger partial charge in [-0.25, -0.2) is 0 Å². The van der Waals surface area contributed by atoms with Gasteiger partial charge in [-0.3, -0.25) is 0 Å². The summed E-state index contributed by atoms with van der Waals surface area (Å²) in [7, 11) is 0. The maximum atomic E-state index is 10.8. The summed E-state index contributed by atoms with van der Waals surface area (Å²) in [6.07, 6.45) is 6.76. The van der Waals surface area contributed by atoms with Crippen molar-refractivity contribution in [2.45, 2.75) is 63.9 Å². The summed E-state index contributed by atoms with van der Waals surface area (Å²) in [5, 5.41) is 20.5. The van der Waals surface area contributed by atoms with Gasteiger partial charge in [0.15, 0.2) is 0 Å². The standard InChI is InChI=1S/C19H26O2/c1-18-9-7-15-14-6-4-13(20)11-12(14)3-5-16(15)17(18)8-10-19(18,2)21/h4,6,11,15-17,20-21H,3,5,7-10H2,1-2H3/t15-,16+,17+,18+,19-/m1/s1. The van der Waals surface area contributed by atoms with E-state index in [9.17, 15) is 10.2 Å². The van der Waals surface area contributed by atoms with Crippen LogP contribution in [-0.2, 0) is 6.42 Å². The lowest BCUT2D eigenvalue weighted by atomic mass is 9.53. The Morgan fingerprint density at radius 3 is 2.71 bits per heavy atom. The number of aromatic hydroxyl groups is 1. The van der Waals surface area contributed by atoms with Crippen molar-refractivity contribution in [3.8, 4) is 5.75 Å². The second kappa shape index (κ2) is 4.25. The monoisotopic (exact) mass is 286 g/mol. The Morgan fingerprint density at radius 2 is 1.90 bits per heavy atom. The van der Waals surface area contributed by atoms with E-state index in [0.29, 0.717) is 17.6 Å². The lowest BCUT2D eigenvalue weighted by Gasteiger charge is -2.52. The van der Waals surface area contributed by atoms with Gasteiger partial charge in [0.2, 0.25) is 0 Å². The highest BCUT2D eigenvalue weighted by molar-refractivity contribution is 5.40. The highest BCUT2D eigenvalue weighted by Crippen LogP contribution is 2.64. The molecule has 3 aliphatic rings. The van der Waals surface area contributed by atoms with Gasteiger partial charge >= 0.3 is 0 Å². The first-order valence-electron chi connectivity index (χ1n) is 8.46. The zero-order valence-corrected chi connectivity index (χ0v) is 13.1. The van der Waals surface area contributed by atoms with Crippen molar-refractivity contribution in [3.05, 3.63) is 29.3 Å². The Balaban J connectivity index is 1.72. The van der Waals surface area contributed by atoms with Gasteiger partial charge in [-0.15, -0.1) is 0 Å². The van der Waals surface area contributed by atoms with Crippen LogP contribution in [0.4, 0.5) is 0 Å². The fourth-order valence-corrected chi connectivity index (χ4v) is 5.81. The topological polar surface area (TPSA) is 40.5 Å². The first kappa shape index (κ1) is 13.6. The van der Waals surface area contributed by atoms with Crippen LogP contribution >= 0.6 is 0 Å². The van der Waals surface area contributed by atoms with E-state index in [-0.39, 0.29) is 5.41 Å². The number of phenolic OH excluding ortho intramolecular Hbond substituents is 1. The van der Waals surface area contributed by atoms with E-state index in [0.717, 1.165) is 25.2 Å². The number of fused-ring (bicyclic) bond motifs is 5. The van der Waals surface area contributed by atoms with Crippen LogP contribution in [0, 0.1) is 17.3 Å². The Morgan fingerprint density at radius 1 is 1.10 bits per heavy atom. The van der Waals surface area contributed by atoms with Crippen molar-refractivity contribution in [3.63, 3.8) is 0 Å².